The highest BCUT2D eigenvalue weighted by molar-refractivity contribution is 8.04. The number of nitrogens with zero attached hydrogens (tertiary/aromatic N) is 3. The summed E-state index contributed by atoms with van der Waals surface area (Å²) >= 11 is 1.12. The highest BCUT2D eigenvalue weighted by Gasteiger charge is 2.16. The first-order chi connectivity index (χ1) is 4.98. The van der Waals surface area contributed by atoms with Crippen LogP contribution in [-0.2, 0) is 0 Å². The Labute approximate surface area is 71.9 Å². The minimum atomic E-state index is -0.404. The van der Waals surface area contributed by atoms with Crippen molar-refractivity contribution in [2.24, 2.45) is 10.2 Å². The molecule has 0 aromatic heterocycles. The maximum absolute atomic E-state index is 8.38. The molecular formula is C7H13N3S. The van der Waals surface area contributed by atoms with E-state index in [-0.39, 0.29) is 6.04 Å². The molecule has 0 saturated carbocycles. The van der Waals surface area contributed by atoms with Crippen molar-refractivity contribution in [1.82, 2.24) is 0 Å². The third-order valence-corrected chi connectivity index (χ3v) is 1.50. The molecule has 0 aromatic carbocycles. The van der Waals surface area contributed by atoms with Crippen LogP contribution in [0, 0.1) is 10.7 Å². The van der Waals surface area contributed by atoms with Gasteiger partial charge in [-0.25, -0.2) is 0 Å². The highest BCUT2D eigenvalue weighted by Crippen LogP contribution is 2.24. The summed E-state index contributed by atoms with van der Waals surface area (Å²) in [6.07, 6.45) is 0. The monoisotopic (exact) mass is 171 g/mol. The molecule has 0 unspecified atom stereocenters. The Hall–Kier alpha value is -0.560. The normalized spacial score (nSPS) is 12.4. The van der Waals surface area contributed by atoms with Crippen LogP contribution in [0.4, 0.5) is 0 Å². The second-order valence-corrected chi connectivity index (χ2v) is 4.34. The molecule has 0 aliphatic carbocycles. The Kier molecular flexibility index (Phi) is 4.12. The van der Waals surface area contributed by atoms with Gasteiger partial charge in [-0.3, -0.25) is 0 Å². The van der Waals surface area contributed by atoms with E-state index in [9.17, 15) is 0 Å². The van der Waals surface area contributed by atoms with Crippen LogP contribution in [0.25, 0.3) is 0 Å². The first kappa shape index (κ1) is 10.4. The Morgan fingerprint density at radius 2 is 2.00 bits per heavy atom. The van der Waals surface area contributed by atoms with Gasteiger partial charge in [0.1, 0.15) is 10.3 Å². The molecule has 0 aliphatic rings. The van der Waals surface area contributed by atoms with E-state index in [1.54, 1.807) is 0 Å². The highest BCUT2D eigenvalue weighted by atomic mass is 32.2. The molecule has 0 amide bonds. The van der Waals surface area contributed by atoms with Gasteiger partial charge in [0, 0.05) is 0 Å². The average Bonchev–Trinajstić information content (AvgIpc) is 1.84. The Morgan fingerprint density at radius 3 is 2.36 bits per heavy atom. The van der Waals surface area contributed by atoms with Gasteiger partial charge >= 0.3 is 0 Å². The molecule has 0 saturated heterocycles. The molecular weight excluding hydrogens is 158 g/mol. The smallest absolute Gasteiger partial charge is 0.135 e. The maximum Gasteiger partial charge on any atom is 0.135 e. The lowest BCUT2D eigenvalue weighted by atomic mass is 10.4. The Bertz CT molecular complexity index is 179. The van der Waals surface area contributed by atoms with Crippen molar-refractivity contribution >= 4 is 11.8 Å². The molecule has 0 bridgehead atoms. The van der Waals surface area contributed by atoms with E-state index < -0.39 is 4.87 Å². The molecule has 0 radical (unpaired) electrons. The van der Waals surface area contributed by atoms with Crippen molar-refractivity contribution in [2.45, 2.75) is 38.6 Å². The number of azo groups is 1. The number of rotatable bonds is 3. The number of thioether (sulfide) groups is 1. The second-order valence-electron chi connectivity index (χ2n) is 2.95. The van der Waals surface area contributed by atoms with E-state index in [1.807, 2.05) is 33.1 Å². The summed E-state index contributed by atoms with van der Waals surface area (Å²) in [4.78, 5) is -0.404. The summed E-state index contributed by atoms with van der Waals surface area (Å²) in [7, 11) is 0. The SMILES string of the molecule is CC(C)/N=N/C(C)(C)SC#N. The van der Waals surface area contributed by atoms with Gasteiger partial charge in [0.05, 0.1) is 6.04 Å². The van der Waals surface area contributed by atoms with Crippen molar-refractivity contribution in [3.05, 3.63) is 0 Å². The van der Waals surface area contributed by atoms with Crippen molar-refractivity contribution in [1.29, 1.82) is 5.26 Å². The summed E-state index contributed by atoms with van der Waals surface area (Å²) < 4.78 is 0. The summed E-state index contributed by atoms with van der Waals surface area (Å²) in [5.41, 5.74) is 0. The molecule has 0 aliphatic heterocycles. The summed E-state index contributed by atoms with van der Waals surface area (Å²) in [6.45, 7) is 7.65. The minimum absolute atomic E-state index is 0.202. The maximum atomic E-state index is 8.38. The fourth-order valence-electron chi connectivity index (χ4n) is 0.387. The number of hydrogen-bond donors (Lipinski definition) is 0. The minimum Gasteiger partial charge on any atom is -0.190 e. The van der Waals surface area contributed by atoms with Crippen LogP contribution >= 0.6 is 11.8 Å². The fraction of sp³-hybridized carbons (Fsp3) is 0.857. The van der Waals surface area contributed by atoms with E-state index in [0.29, 0.717) is 0 Å². The lowest BCUT2D eigenvalue weighted by Crippen LogP contribution is -2.09. The molecule has 4 heteroatoms. The van der Waals surface area contributed by atoms with E-state index in [0.717, 1.165) is 11.8 Å². The van der Waals surface area contributed by atoms with Crippen molar-refractivity contribution in [2.75, 3.05) is 0 Å². The van der Waals surface area contributed by atoms with Crippen LogP contribution in [0.15, 0.2) is 10.2 Å². The number of thiocyanates is 1. The molecule has 0 aromatic rings. The molecule has 3 nitrogen and oxygen atoms in total. The lowest BCUT2D eigenvalue weighted by molar-refractivity contribution is 0.644. The fourth-order valence-corrected chi connectivity index (χ4v) is 0.698. The van der Waals surface area contributed by atoms with Crippen LogP contribution in [0.3, 0.4) is 0 Å². The van der Waals surface area contributed by atoms with Crippen molar-refractivity contribution < 1.29 is 0 Å². The van der Waals surface area contributed by atoms with Gasteiger partial charge in [0.15, 0.2) is 0 Å². The van der Waals surface area contributed by atoms with Crippen LogP contribution in [-0.4, -0.2) is 10.9 Å². The standard InChI is InChI=1S/C7H13N3S/c1-6(2)9-10-7(3,4)11-5-8/h6H,1-4H3/b10-9+. The van der Waals surface area contributed by atoms with E-state index >= 15 is 0 Å². The van der Waals surface area contributed by atoms with E-state index in [4.69, 9.17) is 5.26 Å². The molecule has 0 atom stereocenters. The van der Waals surface area contributed by atoms with Gasteiger partial charge in [-0.2, -0.15) is 15.5 Å². The first-order valence-corrected chi connectivity index (χ1v) is 4.28. The zero-order chi connectivity index (χ0) is 8.91. The zero-order valence-corrected chi connectivity index (χ0v) is 8.14. The Morgan fingerprint density at radius 1 is 1.45 bits per heavy atom. The van der Waals surface area contributed by atoms with E-state index in [2.05, 4.69) is 10.2 Å². The number of nitriles is 1. The van der Waals surface area contributed by atoms with E-state index in [1.165, 1.54) is 0 Å². The van der Waals surface area contributed by atoms with Crippen molar-refractivity contribution in [3.8, 4) is 5.40 Å². The topological polar surface area (TPSA) is 48.5 Å². The molecule has 0 spiro atoms. The molecule has 0 N–H and O–H groups in total. The third-order valence-electron chi connectivity index (χ3n) is 0.825. The van der Waals surface area contributed by atoms with Crippen LogP contribution in [0.5, 0.6) is 0 Å². The van der Waals surface area contributed by atoms with Gasteiger partial charge in [0.2, 0.25) is 0 Å². The van der Waals surface area contributed by atoms with Gasteiger partial charge in [-0.05, 0) is 39.5 Å². The van der Waals surface area contributed by atoms with Crippen molar-refractivity contribution in [3.63, 3.8) is 0 Å². The quantitative estimate of drug-likeness (QED) is 0.484. The molecule has 0 rings (SSSR count). The molecule has 0 fully saturated rings. The Balaban J connectivity index is 4.02. The number of hydrogen-bond acceptors (Lipinski definition) is 4. The van der Waals surface area contributed by atoms with Gasteiger partial charge in [-0.15, -0.1) is 0 Å². The predicted molar refractivity (Wildman–Crippen MR) is 47.3 cm³/mol. The lowest BCUT2D eigenvalue weighted by Gasteiger charge is -2.11. The molecule has 0 heterocycles. The molecule has 62 valence electrons. The largest absolute Gasteiger partial charge is 0.190 e. The van der Waals surface area contributed by atoms with Crippen LogP contribution in [0.1, 0.15) is 27.7 Å². The summed E-state index contributed by atoms with van der Waals surface area (Å²) in [5.74, 6) is 0. The van der Waals surface area contributed by atoms with Gasteiger partial charge < -0.3 is 0 Å². The van der Waals surface area contributed by atoms with Crippen LogP contribution in [0.2, 0.25) is 0 Å². The van der Waals surface area contributed by atoms with Crippen LogP contribution < -0.4 is 0 Å². The second kappa shape index (κ2) is 4.35. The van der Waals surface area contributed by atoms with Gasteiger partial charge in [-0.1, -0.05) is 0 Å². The summed E-state index contributed by atoms with van der Waals surface area (Å²) in [5, 5.41) is 18.4. The zero-order valence-electron chi connectivity index (χ0n) is 7.33. The third kappa shape index (κ3) is 5.86. The summed E-state index contributed by atoms with van der Waals surface area (Å²) in [6, 6.07) is 0.202. The first-order valence-electron chi connectivity index (χ1n) is 3.47. The molecule has 11 heavy (non-hydrogen) atoms. The van der Waals surface area contributed by atoms with Gasteiger partial charge in [0.25, 0.3) is 0 Å². The predicted octanol–water partition coefficient (Wildman–Crippen LogP) is 2.80. The average molecular weight is 171 g/mol.